The van der Waals surface area contributed by atoms with Gasteiger partial charge < -0.3 is 14.6 Å². The average Bonchev–Trinajstić information content (AvgIpc) is 2.98. The number of rotatable bonds is 8. The van der Waals surface area contributed by atoms with Crippen molar-refractivity contribution in [3.8, 4) is 6.07 Å². The predicted molar refractivity (Wildman–Crippen MR) is 115 cm³/mol. The summed E-state index contributed by atoms with van der Waals surface area (Å²) in [6.07, 6.45) is 1.39. The highest BCUT2D eigenvalue weighted by Gasteiger charge is 2.19. The van der Waals surface area contributed by atoms with Gasteiger partial charge in [-0.2, -0.15) is 5.26 Å². The molecule has 1 heterocycles. The topological polar surface area (TPSA) is 127 Å². The van der Waals surface area contributed by atoms with Gasteiger partial charge in [0, 0.05) is 17.9 Å². The molecular formula is C22H23FN4O5. The Morgan fingerprint density at radius 1 is 1.34 bits per heavy atom. The van der Waals surface area contributed by atoms with Crippen LogP contribution in [0.5, 0.6) is 0 Å². The number of hydrogen-bond acceptors (Lipinski definition) is 6. The number of nitro groups is 1. The van der Waals surface area contributed by atoms with Crippen molar-refractivity contribution >= 4 is 29.3 Å². The summed E-state index contributed by atoms with van der Waals surface area (Å²) in [5, 5.41) is 22.5. The largest absolute Gasteiger partial charge is 0.451 e. The zero-order valence-corrected chi connectivity index (χ0v) is 18.1. The number of benzene rings is 1. The van der Waals surface area contributed by atoms with Crippen LogP contribution in [0.2, 0.25) is 0 Å². The summed E-state index contributed by atoms with van der Waals surface area (Å²) < 4.78 is 20.2. The second-order valence-corrected chi connectivity index (χ2v) is 7.54. The molecule has 0 fully saturated rings. The summed E-state index contributed by atoms with van der Waals surface area (Å²) in [5.41, 5.74) is 1.37. The normalized spacial score (nSPS) is 11.2. The molecule has 2 rings (SSSR count). The van der Waals surface area contributed by atoms with Crippen molar-refractivity contribution < 1.29 is 23.6 Å². The number of halogens is 1. The van der Waals surface area contributed by atoms with Crippen molar-refractivity contribution in [2.45, 2.75) is 34.2 Å². The van der Waals surface area contributed by atoms with Crippen LogP contribution in [0.25, 0.3) is 6.08 Å². The molecule has 1 amide bonds. The van der Waals surface area contributed by atoms with Crippen LogP contribution < -0.4 is 5.32 Å². The van der Waals surface area contributed by atoms with Gasteiger partial charge in [-0.25, -0.2) is 9.18 Å². The van der Waals surface area contributed by atoms with Crippen molar-refractivity contribution in [1.29, 1.82) is 5.26 Å². The highest BCUT2D eigenvalue weighted by atomic mass is 19.1. The number of nitriles is 1. The lowest BCUT2D eigenvalue weighted by molar-refractivity contribution is -0.384. The maximum atomic E-state index is 13.2. The number of aromatic nitrogens is 1. The van der Waals surface area contributed by atoms with E-state index in [4.69, 9.17) is 4.74 Å². The number of amides is 1. The van der Waals surface area contributed by atoms with E-state index in [2.05, 4.69) is 23.7 Å². The monoisotopic (exact) mass is 442 g/mol. The Labute approximate surface area is 184 Å². The van der Waals surface area contributed by atoms with Crippen LogP contribution in [-0.2, 0) is 20.9 Å². The zero-order valence-electron chi connectivity index (χ0n) is 18.1. The van der Waals surface area contributed by atoms with Crippen molar-refractivity contribution in [2.75, 3.05) is 11.9 Å². The Bertz CT molecular complexity index is 1130. The SMILES string of the molecule is Cc1cc(C=C(C#N)C(=O)OCC(=O)Nc2ccc(F)cc2[N+](=O)[O-])c(C)n1CC(C)C. The lowest BCUT2D eigenvalue weighted by atomic mass is 10.1. The smallest absolute Gasteiger partial charge is 0.349 e. The van der Waals surface area contributed by atoms with E-state index < -0.39 is 34.9 Å². The first-order chi connectivity index (χ1) is 15.0. The van der Waals surface area contributed by atoms with E-state index in [9.17, 15) is 29.4 Å². The molecule has 1 N–H and O–H groups in total. The quantitative estimate of drug-likeness (QED) is 0.217. The molecule has 0 saturated carbocycles. The molecule has 32 heavy (non-hydrogen) atoms. The number of esters is 1. The molecule has 0 aliphatic carbocycles. The van der Waals surface area contributed by atoms with Crippen LogP contribution in [0.15, 0.2) is 29.8 Å². The van der Waals surface area contributed by atoms with Crippen molar-refractivity contribution in [1.82, 2.24) is 4.57 Å². The van der Waals surface area contributed by atoms with Gasteiger partial charge >= 0.3 is 5.97 Å². The van der Waals surface area contributed by atoms with Gasteiger partial charge in [0.05, 0.1) is 11.0 Å². The molecule has 1 aromatic heterocycles. The molecule has 0 radical (unpaired) electrons. The van der Waals surface area contributed by atoms with Gasteiger partial charge in [0.2, 0.25) is 0 Å². The fraction of sp³-hybridized carbons (Fsp3) is 0.318. The van der Waals surface area contributed by atoms with Crippen LogP contribution in [0.4, 0.5) is 15.8 Å². The predicted octanol–water partition coefficient (Wildman–Crippen LogP) is 3.90. The third-order valence-corrected chi connectivity index (χ3v) is 4.57. The number of aryl methyl sites for hydroxylation is 1. The number of nitro benzene ring substituents is 1. The summed E-state index contributed by atoms with van der Waals surface area (Å²) in [4.78, 5) is 34.5. The molecule has 0 aliphatic heterocycles. The van der Waals surface area contributed by atoms with Crippen molar-refractivity contribution in [2.24, 2.45) is 5.92 Å². The second kappa shape index (κ2) is 10.3. The molecule has 0 bridgehead atoms. The zero-order chi connectivity index (χ0) is 24.0. The van der Waals surface area contributed by atoms with Gasteiger partial charge in [-0.1, -0.05) is 13.8 Å². The molecular weight excluding hydrogens is 419 g/mol. The molecule has 0 saturated heterocycles. The highest BCUT2D eigenvalue weighted by molar-refractivity contribution is 6.00. The fourth-order valence-electron chi connectivity index (χ4n) is 3.07. The molecule has 1 aromatic carbocycles. The van der Waals surface area contributed by atoms with E-state index in [1.54, 1.807) is 6.07 Å². The van der Waals surface area contributed by atoms with E-state index in [1.807, 2.05) is 19.9 Å². The number of carbonyl (C=O) groups excluding carboxylic acids is 2. The average molecular weight is 442 g/mol. The first kappa shape index (κ1) is 24.3. The Balaban J connectivity index is 2.10. The number of nitrogens with one attached hydrogen (secondary N) is 1. The minimum Gasteiger partial charge on any atom is -0.451 e. The van der Waals surface area contributed by atoms with E-state index in [0.717, 1.165) is 30.1 Å². The Morgan fingerprint density at radius 3 is 2.62 bits per heavy atom. The van der Waals surface area contributed by atoms with Gasteiger partial charge in [0.25, 0.3) is 11.6 Å². The van der Waals surface area contributed by atoms with Gasteiger partial charge in [-0.05, 0) is 49.6 Å². The van der Waals surface area contributed by atoms with E-state index >= 15 is 0 Å². The number of anilines is 1. The Morgan fingerprint density at radius 2 is 2.03 bits per heavy atom. The van der Waals surface area contributed by atoms with Gasteiger partial charge in [-0.3, -0.25) is 14.9 Å². The van der Waals surface area contributed by atoms with Crippen LogP contribution >= 0.6 is 0 Å². The molecule has 9 nitrogen and oxygen atoms in total. The summed E-state index contributed by atoms with van der Waals surface area (Å²) >= 11 is 0. The van der Waals surface area contributed by atoms with Crippen molar-refractivity contribution in [3.05, 3.63) is 62.7 Å². The summed E-state index contributed by atoms with van der Waals surface area (Å²) in [7, 11) is 0. The Kier molecular flexibility index (Phi) is 7.85. The molecule has 0 spiro atoms. The summed E-state index contributed by atoms with van der Waals surface area (Å²) in [6, 6.07) is 6.25. The van der Waals surface area contributed by atoms with Crippen LogP contribution in [0, 0.1) is 47.0 Å². The Hall–Kier alpha value is -4.00. The maximum absolute atomic E-state index is 13.2. The summed E-state index contributed by atoms with van der Waals surface area (Å²) in [6.45, 7) is 7.98. The number of hydrogen-bond donors (Lipinski definition) is 1. The lowest BCUT2D eigenvalue weighted by Crippen LogP contribution is -2.22. The van der Waals surface area contributed by atoms with Gasteiger partial charge in [0.15, 0.2) is 6.61 Å². The lowest BCUT2D eigenvalue weighted by Gasteiger charge is -2.12. The minimum atomic E-state index is -1.01. The van der Waals surface area contributed by atoms with Gasteiger partial charge in [-0.15, -0.1) is 0 Å². The van der Waals surface area contributed by atoms with Crippen LogP contribution in [0.1, 0.15) is 30.8 Å². The van der Waals surface area contributed by atoms with Crippen LogP contribution in [-0.4, -0.2) is 28.0 Å². The van der Waals surface area contributed by atoms with E-state index in [0.29, 0.717) is 17.5 Å². The first-order valence-corrected chi connectivity index (χ1v) is 9.73. The standard InChI is InChI=1S/C22H23FN4O5/c1-13(2)11-26-14(3)7-16(15(26)4)8-17(10-24)22(29)32-12-21(28)25-19-6-5-18(23)9-20(19)27(30)31/h5-9,13H,11-12H2,1-4H3,(H,25,28). The number of nitrogens with zero attached hydrogens (tertiary/aromatic N) is 3. The number of carbonyl (C=O) groups is 2. The molecule has 0 atom stereocenters. The molecule has 168 valence electrons. The van der Waals surface area contributed by atoms with E-state index in [1.165, 1.54) is 6.08 Å². The highest BCUT2D eigenvalue weighted by Crippen LogP contribution is 2.25. The first-order valence-electron chi connectivity index (χ1n) is 9.73. The molecule has 10 heteroatoms. The minimum absolute atomic E-state index is 0.244. The fourth-order valence-corrected chi connectivity index (χ4v) is 3.07. The number of ether oxygens (including phenoxy) is 1. The van der Waals surface area contributed by atoms with Crippen LogP contribution in [0.3, 0.4) is 0 Å². The van der Waals surface area contributed by atoms with E-state index in [-0.39, 0.29) is 11.3 Å². The maximum Gasteiger partial charge on any atom is 0.349 e. The molecule has 0 unspecified atom stereocenters. The summed E-state index contributed by atoms with van der Waals surface area (Å²) in [5.74, 6) is -2.31. The van der Waals surface area contributed by atoms with Crippen molar-refractivity contribution in [3.63, 3.8) is 0 Å². The third kappa shape index (κ3) is 6.01. The third-order valence-electron chi connectivity index (χ3n) is 4.57. The molecule has 2 aromatic rings. The molecule has 0 aliphatic rings. The second-order valence-electron chi connectivity index (χ2n) is 7.54. The van der Waals surface area contributed by atoms with Gasteiger partial charge in [0.1, 0.15) is 23.1 Å².